The van der Waals surface area contributed by atoms with Crippen molar-refractivity contribution in [1.82, 2.24) is 0 Å². The Kier molecular flexibility index (Phi) is 8.32. The predicted molar refractivity (Wildman–Crippen MR) is 123 cm³/mol. The molecule has 2 aromatic rings. The van der Waals surface area contributed by atoms with Crippen molar-refractivity contribution in [3.8, 4) is 0 Å². The highest BCUT2D eigenvalue weighted by Crippen LogP contribution is 2.36. The van der Waals surface area contributed by atoms with Crippen molar-refractivity contribution in [2.24, 2.45) is 0 Å². The van der Waals surface area contributed by atoms with Gasteiger partial charge in [-0.1, -0.05) is 87.5 Å². The van der Waals surface area contributed by atoms with Crippen LogP contribution in [0, 0.1) is 0 Å². The van der Waals surface area contributed by atoms with Gasteiger partial charge in [0, 0.05) is 0 Å². The van der Waals surface area contributed by atoms with Gasteiger partial charge in [0.2, 0.25) is 5.83 Å². The number of allylic oxidation sites excluding steroid dienone is 2. The maximum absolute atomic E-state index is 13.9. The van der Waals surface area contributed by atoms with E-state index in [-0.39, 0.29) is 11.6 Å². The van der Waals surface area contributed by atoms with Crippen LogP contribution in [0.4, 0.5) is 4.39 Å². The first-order valence-corrected chi connectivity index (χ1v) is 12.1. The topological polar surface area (TPSA) is 35.5 Å². The van der Waals surface area contributed by atoms with Crippen LogP contribution in [-0.4, -0.2) is 27.5 Å². The molecule has 0 atom stereocenters. The summed E-state index contributed by atoms with van der Waals surface area (Å²) in [4.78, 5) is 11.5. The van der Waals surface area contributed by atoms with Gasteiger partial charge in [0.05, 0.1) is 13.2 Å². The second kappa shape index (κ2) is 10.5. The molecule has 0 aliphatic rings. The lowest BCUT2D eigenvalue weighted by Gasteiger charge is -2.42. The van der Waals surface area contributed by atoms with Gasteiger partial charge < -0.3 is 9.16 Å². The zero-order valence-corrected chi connectivity index (χ0v) is 19.4. The van der Waals surface area contributed by atoms with Gasteiger partial charge in [-0.05, 0) is 40.9 Å². The Morgan fingerprint density at radius 3 is 1.93 bits per heavy atom. The van der Waals surface area contributed by atoms with Crippen LogP contribution in [0.3, 0.4) is 0 Å². The molecule has 0 saturated heterocycles. The summed E-state index contributed by atoms with van der Waals surface area (Å²) in [5.74, 6) is -1.85. The molecule has 2 rings (SSSR count). The summed E-state index contributed by atoms with van der Waals surface area (Å²) in [5, 5.41) is 2.23. The Morgan fingerprint density at radius 1 is 1.00 bits per heavy atom. The molecule has 0 radical (unpaired) electrons. The molecule has 0 unspecified atom stereocenters. The van der Waals surface area contributed by atoms with Crippen LogP contribution in [0.5, 0.6) is 0 Å². The molecule has 0 saturated carbocycles. The van der Waals surface area contributed by atoms with Gasteiger partial charge in [-0.25, -0.2) is 4.79 Å². The van der Waals surface area contributed by atoms with Gasteiger partial charge in [0.15, 0.2) is 0 Å². The summed E-state index contributed by atoms with van der Waals surface area (Å²) < 4.78 is 25.3. The zero-order chi connectivity index (χ0) is 22.2. The van der Waals surface area contributed by atoms with E-state index in [0.29, 0.717) is 12.2 Å². The number of esters is 1. The van der Waals surface area contributed by atoms with Gasteiger partial charge in [0.25, 0.3) is 8.32 Å². The number of halogens is 1. The molecular formula is C25H31FO3Si. The minimum absolute atomic E-state index is 0.135. The van der Waals surface area contributed by atoms with Gasteiger partial charge in [-0.2, -0.15) is 4.39 Å². The Balaban J connectivity index is 2.40. The van der Waals surface area contributed by atoms with E-state index in [0.717, 1.165) is 0 Å². The number of ether oxygens (including phenoxy) is 1. The molecule has 0 aromatic heterocycles. The summed E-state index contributed by atoms with van der Waals surface area (Å²) in [6.07, 6.45) is 2.99. The molecule has 0 bridgehead atoms. The average molecular weight is 427 g/mol. The molecule has 0 aliphatic carbocycles. The first-order chi connectivity index (χ1) is 14.2. The van der Waals surface area contributed by atoms with Crippen LogP contribution in [0.1, 0.15) is 34.6 Å². The van der Waals surface area contributed by atoms with E-state index >= 15 is 0 Å². The van der Waals surface area contributed by atoms with Crippen LogP contribution in [0.2, 0.25) is 5.04 Å². The van der Waals surface area contributed by atoms with Crippen LogP contribution in [0.25, 0.3) is 0 Å². The van der Waals surface area contributed by atoms with Crippen LogP contribution >= 0.6 is 0 Å². The minimum atomic E-state index is -2.64. The molecule has 3 nitrogen and oxygen atoms in total. The highest BCUT2D eigenvalue weighted by molar-refractivity contribution is 6.99. The fraction of sp³-hybridized carbons (Fsp3) is 0.320. The minimum Gasteiger partial charge on any atom is -0.461 e. The molecular weight excluding hydrogens is 395 g/mol. The fourth-order valence-corrected chi connectivity index (χ4v) is 8.07. The summed E-state index contributed by atoms with van der Waals surface area (Å²) in [5.41, 5.74) is 0.610. The second-order valence-corrected chi connectivity index (χ2v) is 12.4. The average Bonchev–Trinajstić information content (AvgIpc) is 2.71. The van der Waals surface area contributed by atoms with Crippen molar-refractivity contribution in [2.75, 3.05) is 13.2 Å². The van der Waals surface area contributed by atoms with E-state index in [4.69, 9.17) is 4.43 Å². The van der Waals surface area contributed by atoms with Crippen LogP contribution in [-0.2, 0) is 14.0 Å². The summed E-state index contributed by atoms with van der Waals surface area (Å²) in [6, 6.07) is 20.7. The molecule has 0 heterocycles. The third-order valence-corrected chi connectivity index (χ3v) is 9.95. The molecule has 160 valence electrons. The van der Waals surface area contributed by atoms with E-state index in [1.54, 1.807) is 19.9 Å². The quantitative estimate of drug-likeness (QED) is 0.260. The van der Waals surface area contributed by atoms with E-state index in [1.807, 2.05) is 36.4 Å². The number of hydrogen-bond acceptors (Lipinski definition) is 3. The molecule has 5 heteroatoms. The van der Waals surface area contributed by atoms with E-state index in [9.17, 15) is 9.18 Å². The summed E-state index contributed by atoms with van der Waals surface area (Å²) in [6.45, 7) is 10.5. The maximum atomic E-state index is 13.9. The van der Waals surface area contributed by atoms with Crippen LogP contribution in [0.15, 0.2) is 84.2 Å². The molecule has 0 N–H and O–H groups in total. The van der Waals surface area contributed by atoms with Crippen molar-refractivity contribution in [3.05, 3.63) is 84.2 Å². The normalized spacial score (nSPS) is 13.3. The zero-order valence-electron chi connectivity index (χ0n) is 18.4. The first kappa shape index (κ1) is 23.8. The SMILES string of the molecule is CCOC(=O)/C(F)=C\C(C)=C\CO[Si](c1ccccc1)(c1ccccc1)C(C)(C)C. The van der Waals surface area contributed by atoms with Gasteiger partial charge >= 0.3 is 5.97 Å². The Hall–Kier alpha value is -2.50. The number of carbonyl (C=O) groups excluding carboxylic acids is 1. The van der Waals surface area contributed by atoms with E-state index < -0.39 is 20.1 Å². The molecule has 0 spiro atoms. The summed E-state index contributed by atoms with van der Waals surface area (Å²) >= 11 is 0. The molecule has 0 fully saturated rings. The van der Waals surface area contributed by atoms with Crippen molar-refractivity contribution in [3.63, 3.8) is 0 Å². The highest BCUT2D eigenvalue weighted by Gasteiger charge is 2.49. The molecule has 0 amide bonds. The molecule has 0 aliphatic heterocycles. The Bertz CT molecular complexity index is 844. The van der Waals surface area contributed by atoms with Crippen LogP contribution < -0.4 is 10.4 Å². The monoisotopic (exact) mass is 426 g/mol. The van der Waals surface area contributed by atoms with Crippen molar-refractivity contribution in [2.45, 2.75) is 39.7 Å². The van der Waals surface area contributed by atoms with Crippen molar-refractivity contribution in [1.29, 1.82) is 0 Å². The number of hydrogen-bond donors (Lipinski definition) is 0. The number of rotatable bonds is 8. The molecule has 30 heavy (non-hydrogen) atoms. The third kappa shape index (κ3) is 5.55. The lowest BCUT2D eigenvalue weighted by molar-refractivity contribution is -0.140. The second-order valence-electron chi connectivity index (χ2n) is 8.14. The highest BCUT2D eigenvalue weighted by atomic mass is 28.4. The third-order valence-electron chi connectivity index (χ3n) is 4.95. The maximum Gasteiger partial charge on any atom is 0.367 e. The number of benzene rings is 2. The lowest BCUT2D eigenvalue weighted by Crippen LogP contribution is -2.66. The standard InChI is InChI=1S/C25H31FO3Si/c1-6-28-24(27)23(26)19-20(2)17-18-29-30(25(3,4)5,21-13-9-7-10-14-21)22-15-11-8-12-16-22/h7-17,19H,6,18H2,1-5H3/b20-17+,23-19+. The van der Waals surface area contributed by atoms with Gasteiger partial charge in [-0.3, -0.25) is 0 Å². The smallest absolute Gasteiger partial charge is 0.367 e. The van der Waals surface area contributed by atoms with Crippen molar-refractivity contribution >= 4 is 24.7 Å². The Morgan fingerprint density at radius 2 is 1.50 bits per heavy atom. The Labute approximate surface area is 180 Å². The fourth-order valence-electron chi connectivity index (χ4n) is 3.58. The van der Waals surface area contributed by atoms with Gasteiger partial charge in [-0.15, -0.1) is 0 Å². The summed E-state index contributed by atoms with van der Waals surface area (Å²) in [7, 11) is -2.64. The predicted octanol–water partition coefficient (Wildman–Crippen LogP) is 4.93. The largest absolute Gasteiger partial charge is 0.461 e. The lowest BCUT2D eigenvalue weighted by atomic mass is 10.2. The van der Waals surface area contributed by atoms with E-state index in [1.165, 1.54) is 16.4 Å². The van der Waals surface area contributed by atoms with Crippen molar-refractivity contribution < 1.29 is 18.3 Å². The first-order valence-electron chi connectivity index (χ1n) is 10.2. The van der Waals surface area contributed by atoms with E-state index in [2.05, 4.69) is 49.8 Å². The number of carbonyl (C=O) groups is 1. The van der Waals surface area contributed by atoms with Gasteiger partial charge in [0.1, 0.15) is 0 Å². The molecule has 2 aromatic carbocycles.